The van der Waals surface area contributed by atoms with Crippen molar-refractivity contribution in [3.8, 4) is 11.5 Å². The first-order valence-electron chi connectivity index (χ1n) is 7.34. The average Bonchev–Trinajstić information content (AvgIpc) is 2.61. The van der Waals surface area contributed by atoms with Crippen molar-refractivity contribution in [2.24, 2.45) is 0 Å². The van der Waals surface area contributed by atoms with Gasteiger partial charge in [-0.05, 0) is 30.3 Å². The first kappa shape index (κ1) is 17.4. The van der Waals surface area contributed by atoms with Gasteiger partial charge in [0, 0.05) is 16.8 Å². The largest absolute Gasteiger partial charge is 0.486 e. The monoisotopic (exact) mass is 381 g/mol. The molecule has 6 nitrogen and oxygen atoms in total. The summed E-state index contributed by atoms with van der Waals surface area (Å²) in [5.41, 5.74) is 0.604. The van der Waals surface area contributed by atoms with E-state index in [-0.39, 0.29) is 10.6 Å². The van der Waals surface area contributed by atoms with E-state index in [4.69, 9.17) is 37.4 Å². The van der Waals surface area contributed by atoms with Gasteiger partial charge in [-0.2, -0.15) is 0 Å². The summed E-state index contributed by atoms with van der Waals surface area (Å²) in [4.78, 5) is 23.9. The number of hydrogen-bond acceptors (Lipinski definition) is 5. The molecule has 0 spiro atoms. The van der Waals surface area contributed by atoms with E-state index >= 15 is 0 Å². The van der Waals surface area contributed by atoms with Gasteiger partial charge in [-0.25, -0.2) is 4.79 Å². The molecule has 0 fully saturated rings. The zero-order valence-electron chi connectivity index (χ0n) is 12.9. The third-order valence-corrected chi connectivity index (χ3v) is 3.87. The molecule has 0 saturated carbocycles. The fraction of sp³-hybridized carbons (Fsp3) is 0.176. The van der Waals surface area contributed by atoms with E-state index in [1.165, 1.54) is 12.1 Å². The van der Waals surface area contributed by atoms with Crippen LogP contribution in [-0.2, 0) is 9.53 Å². The third-order valence-electron chi connectivity index (χ3n) is 3.31. The summed E-state index contributed by atoms with van der Waals surface area (Å²) in [7, 11) is 0. The molecule has 1 amide bonds. The van der Waals surface area contributed by atoms with E-state index in [2.05, 4.69) is 5.32 Å². The van der Waals surface area contributed by atoms with Crippen LogP contribution in [0, 0.1) is 0 Å². The number of amides is 1. The van der Waals surface area contributed by atoms with E-state index in [9.17, 15) is 9.59 Å². The molecule has 130 valence electrons. The maximum absolute atomic E-state index is 12.0. The number of rotatable bonds is 4. The molecule has 2 aromatic carbocycles. The molecule has 1 aliphatic rings. The van der Waals surface area contributed by atoms with Crippen molar-refractivity contribution in [2.75, 3.05) is 25.1 Å². The lowest BCUT2D eigenvalue weighted by Gasteiger charge is -2.19. The highest BCUT2D eigenvalue weighted by Crippen LogP contribution is 2.32. The number of esters is 1. The Hall–Kier alpha value is -2.44. The molecule has 1 N–H and O–H groups in total. The number of carbonyl (C=O) groups is 2. The summed E-state index contributed by atoms with van der Waals surface area (Å²) >= 11 is 11.7. The Kier molecular flexibility index (Phi) is 5.31. The van der Waals surface area contributed by atoms with Gasteiger partial charge in [0.25, 0.3) is 5.91 Å². The molecular weight excluding hydrogens is 369 g/mol. The smallest absolute Gasteiger partial charge is 0.340 e. The van der Waals surface area contributed by atoms with Crippen LogP contribution in [0.1, 0.15) is 10.4 Å². The summed E-state index contributed by atoms with van der Waals surface area (Å²) < 4.78 is 15.8. The molecule has 0 atom stereocenters. The molecule has 1 aliphatic heterocycles. The second kappa shape index (κ2) is 7.63. The molecule has 0 aliphatic carbocycles. The topological polar surface area (TPSA) is 73.9 Å². The van der Waals surface area contributed by atoms with Gasteiger partial charge in [-0.1, -0.05) is 23.2 Å². The first-order valence-corrected chi connectivity index (χ1v) is 8.10. The maximum Gasteiger partial charge on any atom is 0.340 e. The highest BCUT2D eigenvalue weighted by atomic mass is 35.5. The van der Waals surface area contributed by atoms with Gasteiger partial charge in [0.1, 0.15) is 13.2 Å². The number of carbonyl (C=O) groups excluding carboxylic acids is 2. The average molecular weight is 382 g/mol. The number of nitrogens with one attached hydrogen (secondary N) is 1. The van der Waals surface area contributed by atoms with Gasteiger partial charge in [0.2, 0.25) is 0 Å². The van der Waals surface area contributed by atoms with Gasteiger partial charge < -0.3 is 19.5 Å². The zero-order chi connectivity index (χ0) is 17.8. The highest BCUT2D eigenvalue weighted by molar-refractivity contribution is 6.35. The number of benzene rings is 2. The van der Waals surface area contributed by atoms with Crippen LogP contribution in [0.5, 0.6) is 11.5 Å². The molecule has 2 aromatic rings. The van der Waals surface area contributed by atoms with Gasteiger partial charge >= 0.3 is 5.97 Å². The van der Waals surface area contributed by atoms with Gasteiger partial charge in [0.05, 0.1) is 10.6 Å². The van der Waals surface area contributed by atoms with Crippen molar-refractivity contribution in [3.63, 3.8) is 0 Å². The summed E-state index contributed by atoms with van der Waals surface area (Å²) in [5.74, 6) is -0.0639. The van der Waals surface area contributed by atoms with Crippen LogP contribution in [-0.4, -0.2) is 31.7 Å². The summed E-state index contributed by atoms with van der Waals surface area (Å²) in [6, 6.07) is 9.42. The van der Waals surface area contributed by atoms with E-state index in [1.807, 2.05) is 0 Å². The minimum absolute atomic E-state index is 0.0984. The van der Waals surface area contributed by atoms with E-state index in [1.54, 1.807) is 24.3 Å². The second-order valence-electron chi connectivity index (χ2n) is 5.11. The Balaban J connectivity index is 1.58. The zero-order valence-corrected chi connectivity index (χ0v) is 14.4. The molecule has 0 radical (unpaired) electrons. The predicted octanol–water partition coefficient (Wildman–Crippen LogP) is 3.56. The van der Waals surface area contributed by atoms with Crippen LogP contribution < -0.4 is 14.8 Å². The highest BCUT2D eigenvalue weighted by Gasteiger charge is 2.16. The van der Waals surface area contributed by atoms with Crippen molar-refractivity contribution >= 4 is 40.8 Å². The fourth-order valence-corrected chi connectivity index (χ4v) is 2.55. The van der Waals surface area contributed by atoms with Crippen molar-refractivity contribution in [1.82, 2.24) is 0 Å². The van der Waals surface area contributed by atoms with Gasteiger partial charge in [-0.15, -0.1) is 0 Å². The van der Waals surface area contributed by atoms with Gasteiger partial charge in [-0.3, -0.25) is 4.79 Å². The predicted molar refractivity (Wildman–Crippen MR) is 92.8 cm³/mol. The summed E-state index contributed by atoms with van der Waals surface area (Å²) in [6.45, 7) is 0.471. The number of hydrogen-bond donors (Lipinski definition) is 1. The molecule has 0 aromatic heterocycles. The molecule has 0 bridgehead atoms. The molecule has 8 heteroatoms. The molecule has 1 heterocycles. The molecule has 3 rings (SSSR count). The molecule has 0 unspecified atom stereocenters. The van der Waals surface area contributed by atoms with Crippen LogP contribution in [0.2, 0.25) is 10.0 Å². The van der Waals surface area contributed by atoms with Gasteiger partial charge in [0.15, 0.2) is 18.1 Å². The third kappa shape index (κ3) is 4.35. The lowest BCUT2D eigenvalue weighted by atomic mass is 10.2. The molecule has 0 saturated heterocycles. The minimum Gasteiger partial charge on any atom is -0.486 e. The number of halogens is 2. The lowest BCUT2D eigenvalue weighted by molar-refractivity contribution is -0.119. The number of fused-ring (bicyclic) bond motifs is 1. The van der Waals surface area contributed by atoms with Crippen LogP contribution in [0.3, 0.4) is 0 Å². The van der Waals surface area contributed by atoms with Crippen molar-refractivity contribution in [3.05, 3.63) is 52.0 Å². The Labute approximate surface area is 153 Å². The van der Waals surface area contributed by atoms with Crippen molar-refractivity contribution in [2.45, 2.75) is 0 Å². The SMILES string of the molecule is O=C(COC(=O)c1cc(Cl)ccc1Cl)Nc1ccc2c(c1)OCCO2. The standard InChI is InChI=1S/C17H13Cl2NO5/c18-10-1-3-13(19)12(7-10)17(22)25-9-16(21)20-11-2-4-14-15(8-11)24-6-5-23-14/h1-4,7-8H,5-6,9H2,(H,20,21). The van der Waals surface area contributed by atoms with Crippen LogP contribution in [0.15, 0.2) is 36.4 Å². The fourth-order valence-electron chi connectivity index (χ4n) is 2.18. The first-order chi connectivity index (χ1) is 12.0. The van der Waals surface area contributed by atoms with E-state index in [0.717, 1.165) is 0 Å². The van der Waals surface area contributed by atoms with Crippen molar-refractivity contribution < 1.29 is 23.8 Å². The lowest BCUT2D eigenvalue weighted by Crippen LogP contribution is -2.21. The minimum atomic E-state index is -0.732. The van der Waals surface area contributed by atoms with Crippen LogP contribution in [0.4, 0.5) is 5.69 Å². The van der Waals surface area contributed by atoms with Crippen molar-refractivity contribution in [1.29, 1.82) is 0 Å². The summed E-state index contributed by atoms with van der Waals surface area (Å²) in [5, 5.41) is 3.15. The van der Waals surface area contributed by atoms with Crippen LogP contribution >= 0.6 is 23.2 Å². The molecule has 25 heavy (non-hydrogen) atoms. The van der Waals surface area contributed by atoms with E-state index < -0.39 is 18.5 Å². The van der Waals surface area contributed by atoms with E-state index in [0.29, 0.717) is 35.4 Å². The Morgan fingerprint density at radius 1 is 1.04 bits per heavy atom. The number of anilines is 1. The summed E-state index contributed by atoms with van der Waals surface area (Å²) in [6.07, 6.45) is 0. The second-order valence-corrected chi connectivity index (χ2v) is 5.95. The maximum atomic E-state index is 12.0. The molecular formula is C17H13Cl2NO5. The quantitative estimate of drug-likeness (QED) is 0.819. The Bertz CT molecular complexity index is 825. The number of ether oxygens (including phenoxy) is 3. The Morgan fingerprint density at radius 2 is 1.80 bits per heavy atom. The Morgan fingerprint density at radius 3 is 2.60 bits per heavy atom. The normalized spacial score (nSPS) is 12.4. The van der Waals surface area contributed by atoms with Crippen LogP contribution in [0.25, 0.3) is 0 Å².